The molecule has 2 aromatic rings. The van der Waals surface area contributed by atoms with Gasteiger partial charge in [0.15, 0.2) is 17.5 Å². The number of halogens is 1. The lowest BCUT2D eigenvalue weighted by atomic mass is 10.1. The second kappa shape index (κ2) is 7.63. The van der Waals surface area contributed by atoms with Crippen LogP contribution in [0.1, 0.15) is 18.1 Å². The summed E-state index contributed by atoms with van der Waals surface area (Å²) in [6.07, 6.45) is -0.285. The van der Waals surface area contributed by atoms with Crippen LogP contribution in [0.2, 0.25) is 0 Å². The Morgan fingerprint density at radius 2 is 1.96 bits per heavy atom. The van der Waals surface area contributed by atoms with E-state index in [1.807, 2.05) is 32.0 Å². The first-order chi connectivity index (χ1) is 11.0. The average Bonchev–Trinajstić information content (AvgIpc) is 2.51. The molecular weight excluding hydrogens is 293 g/mol. The molecule has 5 heteroatoms. The topological polar surface area (TPSA) is 59.6 Å². The van der Waals surface area contributed by atoms with E-state index in [-0.39, 0.29) is 17.7 Å². The molecule has 0 aliphatic heterocycles. The van der Waals surface area contributed by atoms with Gasteiger partial charge in [-0.1, -0.05) is 18.2 Å². The lowest BCUT2D eigenvalue weighted by molar-refractivity contribution is 0.220. The largest absolute Gasteiger partial charge is 0.486 e. The Labute approximate surface area is 136 Å². The highest BCUT2D eigenvalue weighted by atomic mass is 19.1. The quantitative estimate of drug-likeness (QED) is 0.654. The maximum Gasteiger partial charge on any atom is 0.193 e. The number of hydrogen-bond donors (Lipinski definition) is 2. The SMILES string of the molecule is Cc1ccc(NC(N)=NCC(C)Oc2ccccc2F)cc1C. The second-order valence-corrected chi connectivity index (χ2v) is 5.51. The number of nitrogens with one attached hydrogen (secondary N) is 1. The minimum Gasteiger partial charge on any atom is -0.486 e. The second-order valence-electron chi connectivity index (χ2n) is 5.51. The molecule has 0 bridgehead atoms. The average molecular weight is 315 g/mol. The van der Waals surface area contributed by atoms with E-state index in [0.29, 0.717) is 12.5 Å². The van der Waals surface area contributed by atoms with Gasteiger partial charge in [-0.2, -0.15) is 0 Å². The summed E-state index contributed by atoms with van der Waals surface area (Å²) in [4.78, 5) is 4.23. The summed E-state index contributed by atoms with van der Waals surface area (Å²) in [7, 11) is 0. The summed E-state index contributed by atoms with van der Waals surface area (Å²) in [5.74, 6) is 0.137. The van der Waals surface area contributed by atoms with Crippen LogP contribution in [0.3, 0.4) is 0 Å². The third-order valence-electron chi connectivity index (χ3n) is 3.46. The van der Waals surface area contributed by atoms with E-state index in [1.165, 1.54) is 17.2 Å². The van der Waals surface area contributed by atoms with E-state index >= 15 is 0 Å². The minimum atomic E-state index is -0.385. The number of nitrogens with zero attached hydrogens (tertiary/aromatic N) is 1. The Kier molecular flexibility index (Phi) is 5.57. The van der Waals surface area contributed by atoms with Gasteiger partial charge in [-0.05, 0) is 56.2 Å². The van der Waals surface area contributed by atoms with Crippen LogP contribution in [0, 0.1) is 19.7 Å². The molecule has 3 N–H and O–H groups in total. The van der Waals surface area contributed by atoms with Gasteiger partial charge in [0, 0.05) is 5.69 Å². The molecule has 4 nitrogen and oxygen atoms in total. The van der Waals surface area contributed by atoms with Crippen molar-refractivity contribution in [1.29, 1.82) is 0 Å². The Bertz CT molecular complexity index is 700. The number of ether oxygens (including phenoxy) is 1. The molecule has 0 heterocycles. The lowest BCUT2D eigenvalue weighted by Crippen LogP contribution is -2.25. The molecule has 0 amide bonds. The highest BCUT2D eigenvalue weighted by molar-refractivity contribution is 5.92. The molecule has 23 heavy (non-hydrogen) atoms. The fourth-order valence-electron chi connectivity index (χ4n) is 2.03. The van der Waals surface area contributed by atoms with Crippen molar-refractivity contribution in [2.75, 3.05) is 11.9 Å². The van der Waals surface area contributed by atoms with E-state index in [2.05, 4.69) is 17.2 Å². The zero-order valence-corrected chi connectivity index (χ0v) is 13.6. The normalized spacial score (nSPS) is 12.8. The van der Waals surface area contributed by atoms with Crippen molar-refractivity contribution in [2.45, 2.75) is 26.9 Å². The smallest absolute Gasteiger partial charge is 0.193 e. The van der Waals surface area contributed by atoms with Gasteiger partial charge in [-0.3, -0.25) is 0 Å². The fraction of sp³-hybridized carbons (Fsp3) is 0.278. The Morgan fingerprint density at radius 3 is 2.65 bits per heavy atom. The Morgan fingerprint density at radius 1 is 1.22 bits per heavy atom. The van der Waals surface area contributed by atoms with Crippen LogP contribution in [0.15, 0.2) is 47.5 Å². The number of hydrogen-bond acceptors (Lipinski definition) is 2. The van der Waals surface area contributed by atoms with Gasteiger partial charge in [0.25, 0.3) is 0 Å². The molecule has 122 valence electrons. The summed E-state index contributed by atoms with van der Waals surface area (Å²) >= 11 is 0. The number of guanidine groups is 1. The van der Waals surface area contributed by atoms with Crippen molar-refractivity contribution in [3.8, 4) is 5.75 Å². The number of anilines is 1. The van der Waals surface area contributed by atoms with Crippen LogP contribution >= 0.6 is 0 Å². The van der Waals surface area contributed by atoms with E-state index < -0.39 is 0 Å². The molecule has 0 spiro atoms. The van der Waals surface area contributed by atoms with Gasteiger partial charge in [0.2, 0.25) is 0 Å². The van der Waals surface area contributed by atoms with Gasteiger partial charge in [-0.15, -0.1) is 0 Å². The molecule has 1 unspecified atom stereocenters. The summed E-state index contributed by atoms with van der Waals surface area (Å²) < 4.78 is 19.0. The van der Waals surface area contributed by atoms with Crippen molar-refractivity contribution < 1.29 is 9.13 Å². The van der Waals surface area contributed by atoms with Crippen molar-refractivity contribution >= 4 is 11.6 Å². The maximum atomic E-state index is 13.5. The minimum absolute atomic E-state index is 0.218. The molecule has 0 aliphatic carbocycles. The molecule has 0 fully saturated rings. The van der Waals surface area contributed by atoms with E-state index in [9.17, 15) is 4.39 Å². The third kappa shape index (κ3) is 4.98. The molecule has 1 atom stereocenters. The Hall–Kier alpha value is -2.56. The third-order valence-corrected chi connectivity index (χ3v) is 3.46. The predicted molar refractivity (Wildman–Crippen MR) is 92.5 cm³/mol. The van der Waals surface area contributed by atoms with Gasteiger partial charge in [0.1, 0.15) is 6.10 Å². The number of aryl methyl sites for hydroxylation is 2. The summed E-state index contributed by atoms with van der Waals surface area (Å²) in [5.41, 5.74) is 9.16. The van der Waals surface area contributed by atoms with Gasteiger partial charge < -0.3 is 15.8 Å². The van der Waals surface area contributed by atoms with Crippen molar-refractivity contribution in [3.63, 3.8) is 0 Å². The van der Waals surface area contributed by atoms with Crippen molar-refractivity contribution in [2.24, 2.45) is 10.7 Å². The molecule has 0 aromatic heterocycles. The zero-order valence-electron chi connectivity index (χ0n) is 13.6. The predicted octanol–water partition coefficient (Wildman–Crippen LogP) is 3.64. The highest BCUT2D eigenvalue weighted by Gasteiger charge is 2.07. The molecule has 2 aromatic carbocycles. The number of benzene rings is 2. The molecule has 0 saturated carbocycles. The standard InChI is InChI=1S/C18H22FN3O/c1-12-8-9-15(10-13(12)2)22-18(20)21-11-14(3)23-17-7-5-4-6-16(17)19/h4-10,14H,11H2,1-3H3,(H3,20,21,22). The van der Waals surface area contributed by atoms with Crippen LogP contribution in [0.4, 0.5) is 10.1 Å². The first kappa shape index (κ1) is 16.8. The number of nitrogens with two attached hydrogens (primary N) is 1. The van der Waals surface area contributed by atoms with E-state index in [1.54, 1.807) is 18.2 Å². The summed E-state index contributed by atoms with van der Waals surface area (Å²) in [6.45, 7) is 6.24. The van der Waals surface area contributed by atoms with Crippen LogP contribution in [0.5, 0.6) is 5.75 Å². The van der Waals surface area contributed by atoms with Gasteiger partial charge in [0.05, 0.1) is 6.54 Å². The first-order valence-electron chi connectivity index (χ1n) is 7.51. The monoisotopic (exact) mass is 315 g/mol. The van der Waals surface area contributed by atoms with Gasteiger partial charge in [-0.25, -0.2) is 9.38 Å². The molecule has 0 radical (unpaired) electrons. The first-order valence-corrected chi connectivity index (χ1v) is 7.51. The molecule has 2 rings (SSSR count). The van der Waals surface area contributed by atoms with Crippen LogP contribution < -0.4 is 15.8 Å². The fourth-order valence-corrected chi connectivity index (χ4v) is 2.03. The number of para-hydroxylation sites is 1. The molecule has 0 aliphatic rings. The molecule has 0 saturated heterocycles. The number of aliphatic imine (C=N–C) groups is 1. The van der Waals surface area contributed by atoms with Gasteiger partial charge >= 0.3 is 0 Å². The van der Waals surface area contributed by atoms with Crippen LogP contribution in [0.25, 0.3) is 0 Å². The van der Waals surface area contributed by atoms with Crippen molar-refractivity contribution in [1.82, 2.24) is 0 Å². The number of rotatable bonds is 5. The molecular formula is C18H22FN3O. The van der Waals surface area contributed by atoms with E-state index in [0.717, 1.165) is 5.69 Å². The zero-order chi connectivity index (χ0) is 16.8. The maximum absolute atomic E-state index is 13.5. The summed E-state index contributed by atoms with van der Waals surface area (Å²) in [6, 6.07) is 12.3. The Balaban J connectivity index is 1.91. The lowest BCUT2D eigenvalue weighted by Gasteiger charge is -2.14. The van der Waals surface area contributed by atoms with Crippen molar-refractivity contribution in [3.05, 3.63) is 59.4 Å². The van der Waals surface area contributed by atoms with Crippen LogP contribution in [-0.2, 0) is 0 Å². The summed E-state index contributed by atoms with van der Waals surface area (Å²) in [5, 5.41) is 3.04. The van der Waals surface area contributed by atoms with Crippen LogP contribution in [-0.4, -0.2) is 18.6 Å². The highest BCUT2D eigenvalue weighted by Crippen LogP contribution is 2.17. The van der Waals surface area contributed by atoms with E-state index in [4.69, 9.17) is 10.5 Å².